The number of anilines is 1. The van der Waals surface area contributed by atoms with Gasteiger partial charge < -0.3 is 9.80 Å². The molecule has 2 fully saturated rings. The van der Waals surface area contributed by atoms with Gasteiger partial charge in [-0.3, -0.25) is 4.79 Å². The lowest BCUT2D eigenvalue weighted by atomic mass is 9.79. The molecule has 2 aliphatic heterocycles. The monoisotopic (exact) mass is 342 g/mol. The number of hydrogen-bond donors (Lipinski definition) is 0. The number of rotatable bonds is 2. The zero-order chi connectivity index (χ0) is 16.6. The minimum absolute atomic E-state index is 0.189. The smallest absolute Gasteiger partial charge is 0.263 e. The van der Waals surface area contributed by atoms with Crippen molar-refractivity contribution in [3.05, 3.63) is 40.3 Å². The lowest BCUT2D eigenvalue weighted by molar-refractivity contribution is 0.0561. The first kappa shape index (κ1) is 15.6. The normalized spacial score (nSPS) is 23.9. The van der Waals surface area contributed by atoms with Crippen LogP contribution in [0, 0.1) is 12.3 Å². The number of amides is 1. The van der Waals surface area contributed by atoms with Gasteiger partial charge >= 0.3 is 0 Å². The maximum Gasteiger partial charge on any atom is 0.263 e. The third-order valence-electron chi connectivity index (χ3n) is 5.17. The highest BCUT2D eigenvalue weighted by atomic mass is 32.1. The summed E-state index contributed by atoms with van der Waals surface area (Å²) in [5.74, 6) is 1.01. The highest BCUT2D eigenvalue weighted by Crippen LogP contribution is 2.40. The number of thiophene rings is 1. The van der Waals surface area contributed by atoms with E-state index in [9.17, 15) is 4.79 Å². The molecular weight excluding hydrogens is 320 g/mol. The highest BCUT2D eigenvalue weighted by Gasteiger charge is 2.43. The minimum Gasteiger partial charge on any atom is -0.340 e. The van der Waals surface area contributed by atoms with Crippen LogP contribution in [0.1, 0.15) is 34.5 Å². The van der Waals surface area contributed by atoms with Crippen molar-refractivity contribution < 1.29 is 4.79 Å². The van der Waals surface area contributed by atoms with Gasteiger partial charge in [-0.15, -0.1) is 11.3 Å². The van der Waals surface area contributed by atoms with E-state index >= 15 is 0 Å². The second-order valence-electron chi connectivity index (χ2n) is 7.04. The highest BCUT2D eigenvalue weighted by molar-refractivity contribution is 7.12. The van der Waals surface area contributed by atoms with Gasteiger partial charge in [0.1, 0.15) is 0 Å². The fourth-order valence-electron chi connectivity index (χ4n) is 3.93. The van der Waals surface area contributed by atoms with Crippen molar-refractivity contribution in [2.24, 2.45) is 5.41 Å². The number of hydrogen-bond acceptors (Lipinski definition) is 5. The summed E-state index contributed by atoms with van der Waals surface area (Å²) in [7, 11) is 0. The van der Waals surface area contributed by atoms with Gasteiger partial charge in [-0.1, -0.05) is 6.07 Å². The SMILES string of the molecule is Cc1cnc(N2CC[C@]3(CCCN(C(=O)c4cccs4)C3)C2)nc1. The van der Waals surface area contributed by atoms with E-state index in [1.807, 2.05) is 36.8 Å². The second kappa shape index (κ2) is 6.16. The molecule has 2 aromatic heterocycles. The molecular formula is C18H22N4OS. The summed E-state index contributed by atoms with van der Waals surface area (Å²) in [6, 6.07) is 3.87. The van der Waals surface area contributed by atoms with Crippen LogP contribution in [0.15, 0.2) is 29.9 Å². The number of nitrogens with zero attached hydrogens (tertiary/aromatic N) is 4. The summed E-state index contributed by atoms with van der Waals surface area (Å²) in [4.78, 5) is 26.8. The van der Waals surface area contributed by atoms with Crippen LogP contribution in [0.4, 0.5) is 5.95 Å². The zero-order valence-electron chi connectivity index (χ0n) is 13.9. The van der Waals surface area contributed by atoms with Crippen molar-refractivity contribution in [1.29, 1.82) is 0 Å². The molecule has 0 radical (unpaired) electrons. The topological polar surface area (TPSA) is 49.3 Å². The van der Waals surface area contributed by atoms with E-state index in [0.29, 0.717) is 0 Å². The van der Waals surface area contributed by atoms with Crippen molar-refractivity contribution in [3.63, 3.8) is 0 Å². The Balaban J connectivity index is 1.47. The molecule has 0 unspecified atom stereocenters. The van der Waals surface area contributed by atoms with Crippen LogP contribution in [0.3, 0.4) is 0 Å². The third kappa shape index (κ3) is 2.90. The van der Waals surface area contributed by atoms with E-state index in [4.69, 9.17) is 0 Å². The van der Waals surface area contributed by atoms with Gasteiger partial charge in [0.15, 0.2) is 0 Å². The Kier molecular flexibility index (Phi) is 4.00. The molecule has 24 heavy (non-hydrogen) atoms. The van der Waals surface area contributed by atoms with Gasteiger partial charge in [0.05, 0.1) is 4.88 Å². The van der Waals surface area contributed by atoms with Crippen molar-refractivity contribution in [2.45, 2.75) is 26.2 Å². The molecule has 1 spiro atoms. The number of aryl methyl sites for hydroxylation is 1. The Labute approximate surface area is 146 Å². The van der Waals surface area contributed by atoms with Gasteiger partial charge in [-0.25, -0.2) is 9.97 Å². The van der Waals surface area contributed by atoms with Crippen LogP contribution in [0.25, 0.3) is 0 Å². The number of carbonyl (C=O) groups is 1. The number of piperidine rings is 1. The van der Waals surface area contributed by atoms with Gasteiger partial charge in [0.25, 0.3) is 5.91 Å². The fourth-order valence-corrected chi connectivity index (χ4v) is 4.62. The Morgan fingerprint density at radius 2 is 2.04 bits per heavy atom. The summed E-state index contributed by atoms with van der Waals surface area (Å²) in [6.07, 6.45) is 7.13. The maximum absolute atomic E-state index is 12.7. The first-order valence-electron chi connectivity index (χ1n) is 8.52. The van der Waals surface area contributed by atoms with Crippen molar-refractivity contribution in [1.82, 2.24) is 14.9 Å². The quantitative estimate of drug-likeness (QED) is 0.842. The van der Waals surface area contributed by atoms with E-state index in [2.05, 4.69) is 19.8 Å². The Bertz CT molecular complexity index is 715. The standard InChI is InChI=1S/C18H22N4OS/c1-14-10-19-17(20-11-14)22-8-6-18(13-22)5-3-7-21(12-18)16(23)15-4-2-9-24-15/h2,4,9-11H,3,5-8,12-13H2,1H3/t18-/m0/s1. The van der Waals surface area contributed by atoms with Gasteiger partial charge in [-0.05, 0) is 43.2 Å². The molecule has 6 heteroatoms. The Hall–Kier alpha value is -1.95. The summed E-state index contributed by atoms with van der Waals surface area (Å²) >= 11 is 1.53. The van der Waals surface area contributed by atoms with Gasteiger partial charge in [0.2, 0.25) is 5.95 Å². The van der Waals surface area contributed by atoms with Crippen molar-refractivity contribution >= 4 is 23.2 Å². The van der Waals surface area contributed by atoms with E-state index in [1.165, 1.54) is 17.8 Å². The Morgan fingerprint density at radius 3 is 2.79 bits per heavy atom. The zero-order valence-corrected chi connectivity index (χ0v) is 14.8. The third-order valence-corrected chi connectivity index (χ3v) is 6.03. The van der Waals surface area contributed by atoms with Crippen LogP contribution in [0.5, 0.6) is 0 Å². The van der Waals surface area contributed by atoms with Crippen LogP contribution < -0.4 is 4.90 Å². The van der Waals surface area contributed by atoms with Crippen molar-refractivity contribution in [3.8, 4) is 0 Å². The predicted molar refractivity (Wildman–Crippen MR) is 95.5 cm³/mol. The lowest BCUT2D eigenvalue weighted by Gasteiger charge is -2.40. The Morgan fingerprint density at radius 1 is 1.21 bits per heavy atom. The molecule has 2 aromatic rings. The number of carbonyl (C=O) groups excluding carboxylic acids is 1. The molecule has 1 atom stereocenters. The molecule has 1 amide bonds. The van der Waals surface area contributed by atoms with E-state index < -0.39 is 0 Å². The summed E-state index contributed by atoms with van der Waals surface area (Å²) in [5, 5.41) is 1.97. The molecule has 0 N–H and O–H groups in total. The molecule has 4 rings (SSSR count). The van der Waals surface area contributed by atoms with Crippen LogP contribution >= 0.6 is 11.3 Å². The molecule has 0 aromatic carbocycles. The molecule has 5 nitrogen and oxygen atoms in total. The summed E-state index contributed by atoms with van der Waals surface area (Å²) in [6.45, 7) is 5.66. The molecule has 126 valence electrons. The van der Waals surface area contributed by atoms with Gasteiger partial charge in [0, 0.05) is 44.0 Å². The van der Waals surface area contributed by atoms with Crippen LogP contribution in [0.2, 0.25) is 0 Å². The lowest BCUT2D eigenvalue weighted by Crippen LogP contribution is -2.47. The summed E-state index contributed by atoms with van der Waals surface area (Å²) in [5.41, 5.74) is 1.28. The first-order chi connectivity index (χ1) is 11.7. The van der Waals surface area contributed by atoms with Crippen molar-refractivity contribution in [2.75, 3.05) is 31.1 Å². The first-order valence-corrected chi connectivity index (χ1v) is 9.40. The second-order valence-corrected chi connectivity index (χ2v) is 7.99. The van der Waals surface area contributed by atoms with E-state index in [-0.39, 0.29) is 11.3 Å². The number of likely N-dealkylation sites (tertiary alicyclic amines) is 1. The molecule has 2 aliphatic rings. The van der Waals surface area contributed by atoms with E-state index in [0.717, 1.165) is 55.4 Å². The molecule has 0 aliphatic carbocycles. The molecule has 0 saturated carbocycles. The fraction of sp³-hybridized carbons (Fsp3) is 0.500. The molecule has 2 saturated heterocycles. The average molecular weight is 342 g/mol. The summed E-state index contributed by atoms with van der Waals surface area (Å²) < 4.78 is 0. The predicted octanol–water partition coefficient (Wildman–Crippen LogP) is 2.98. The largest absolute Gasteiger partial charge is 0.340 e. The maximum atomic E-state index is 12.7. The average Bonchev–Trinajstić information content (AvgIpc) is 3.26. The minimum atomic E-state index is 0.189. The van der Waals surface area contributed by atoms with Gasteiger partial charge in [-0.2, -0.15) is 0 Å². The van der Waals surface area contributed by atoms with Crippen LogP contribution in [-0.2, 0) is 0 Å². The van der Waals surface area contributed by atoms with Crippen LogP contribution in [-0.4, -0.2) is 47.0 Å². The van der Waals surface area contributed by atoms with E-state index in [1.54, 1.807) is 0 Å². The number of aromatic nitrogens is 2. The molecule has 0 bridgehead atoms. The molecule has 4 heterocycles.